The molecule has 4 nitrogen and oxygen atoms in total. The molecule has 0 aromatic heterocycles. The van der Waals surface area contributed by atoms with Crippen LogP contribution in [0.1, 0.15) is 31.4 Å². The van der Waals surface area contributed by atoms with Gasteiger partial charge in [-0.2, -0.15) is 11.8 Å². The monoisotopic (exact) mass is 330 g/mol. The molecule has 0 spiro atoms. The van der Waals surface area contributed by atoms with Crippen LogP contribution in [-0.2, 0) is 10.0 Å². The fourth-order valence-corrected chi connectivity index (χ4v) is 3.34. The molecule has 0 saturated carbocycles. The Bertz CT molecular complexity index is 513. The van der Waals surface area contributed by atoms with Gasteiger partial charge in [0.05, 0.1) is 4.90 Å². The maximum Gasteiger partial charge on any atom is 0.242 e. The van der Waals surface area contributed by atoms with Crippen molar-refractivity contribution in [2.75, 3.05) is 32.6 Å². The second kappa shape index (κ2) is 8.78. The molecule has 120 valence electrons. The predicted molar refractivity (Wildman–Crippen MR) is 91.3 cm³/mol. The number of hydrogen-bond acceptors (Lipinski definition) is 4. The minimum Gasteiger partial charge on any atom is -0.310 e. The van der Waals surface area contributed by atoms with Gasteiger partial charge in [0, 0.05) is 20.1 Å². The number of hydrogen-bond donors (Lipinski definition) is 1. The summed E-state index contributed by atoms with van der Waals surface area (Å²) in [7, 11) is -0.249. The van der Waals surface area contributed by atoms with E-state index in [1.165, 1.54) is 16.5 Å². The van der Waals surface area contributed by atoms with Gasteiger partial charge in [0.2, 0.25) is 10.0 Å². The van der Waals surface area contributed by atoms with Gasteiger partial charge in [0.1, 0.15) is 0 Å². The van der Waals surface area contributed by atoms with Gasteiger partial charge >= 0.3 is 0 Å². The van der Waals surface area contributed by atoms with Crippen molar-refractivity contribution in [3.05, 3.63) is 29.8 Å². The number of benzene rings is 1. The highest BCUT2D eigenvalue weighted by Gasteiger charge is 2.17. The summed E-state index contributed by atoms with van der Waals surface area (Å²) < 4.78 is 25.2. The summed E-state index contributed by atoms with van der Waals surface area (Å²) in [5, 5.41) is 3.47. The van der Waals surface area contributed by atoms with Crippen molar-refractivity contribution in [3.8, 4) is 0 Å². The number of unbranched alkanes of at least 4 members (excludes halogenated alkanes) is 1. The summed E-state index contributed by atoms with van der Waals surface area (Å²) in [4.78, 5) is 0.337. The summed E-state index contributed by atoms with van der Waals surface area (Å²) in [5.74, 6) is 1.20. The largest absolute Gasteiger partial charge is 0.310 e. The van der Waals surface area contributed by atoms with Gasteiger partial charge in [0.25, 0.3) is 0 Å². The molecule has 0 amide bonds. The van der Waals surface area contributed by atoms with E-state index < -0.39 is 10.0 Å². The quantitative estimate of drug-likeness (QED) is 0.707. The van der Waals surface area contributed by atoms with Crippen molar-refractivity contribution in [1.29, 1.82) is 0 Å². The SMILES string of the molecule is CSCCCCNC(C)c1ccc(S(=O)(=O)N(C)C)cc1. The maximum absolute atomic E-state index is 12.0. The van der Waals surface area contributed by atoms with Crippen LogP contribution in [0.3, 0.4) is 0 Å². The molecule has 1 aromatic carbocycles. The maximum atomic E-state index is 12.0. The van der Waals surface area contributed by atoms with Crippen LogP contribution in [0.2, 0.25) is 0 Å². The zero-order valence-corrected chi connectivity index (χ0v) is 14.9. The first kappa shape index (κ1) is 18.5. The third-order valence-electron chi connectivity index (χ3n) is 3.38. The smallest absolute Gasteiger partial charge is 0.242 e. The zero-order chi connectivity index (χ0) is 15.9. The average Bonchev–Trinajstić information content (AvgIpc) is 2.46. The lowest BCUT2D eigenvalue weighted by atomic mass is 10.1. The molecule has 0 aliphatic carbocycles. The van der Waals surface area contributed by atoms with E-state index in [9.17, 15) is 8.42 Å². The summed E-state index contributed by atoms with van der Waals surface area (Å²) in [6, 6.07) is 7.36. The normalized spacial score (nSPS) is 13.6. The fraction of sp³-hybridized carbons (Fsp3) is 0.600. The molecule has 1 unspecified atom stereocenters. The van der Waals surface area contributed by atoms with Gasteiger partial charge in [-0.1, -0.05) is 12.1 Å². The van der Waals surface area contributed by atoms with Crippen molar-refractivity contribution in [2.45, 2.75) is 30.7 Å². The molecule has 6 heteroatoms. The number of thioether (sulfide) groups is 1. The summed E-state index contributed by atoms with van der Waals surface area (Å²) >= 11 is 1.87. The number of nitrogens with one attached hydrogen (secondary N) is 1. The van der Waals surface area contributed by atoms with E-state index in [0.29, 0.717) is 4.90 Å². The lowest BCUT2D eigenvalue weighted by Crippen LogP contribution is -2.22. The van der Waals surface area contributed by atoms with Gasteiger partial charge in [-0.25, -0.2) is 12.7 Å². The van der Waals surface area contributed by atoms with Crippen LogP contribution in [0, 0.1) is 0 Å². The van der Waals surface area contributed by atoms with Crippen molar-refractivity contribution in [2.24, 2.45) is 0 Å². The van der Waals surface area contributed by atoms with E-state index in [-0.39, 0.29) is 6.04 Å². The molecule has 1 aromatic rings. The first-order valence-corrected chi connectivity index (χ1v) is 9.97. The zero-order valence-electron chi connectivity index (χ0n) is 13.3. The molecular weight excluding hydrogens is 304 g/mol. The Kier molecular flexibility index (Phi) is 7.73. The molecule has 0 heterocycles. The third-order valence-corrected chi connectivity index (χ3v) is 5.91. The molecule has 0 aliphatic rings. The summed E-state index contributed by atoms with van der Waals surface area (Å²) in [6.07, 6.45) is 4.51. The molecule has 0 aliphatic heterocycles. The topological polar surface area (TPSA) is 49.4 Å². The molecule has 0 bridgehead atoms. The molecule has 1 N–H and O–H groups in total. The Morgan fingerprint density at radius 2 is 1.81 bits per heavy atom. The van der Waals surface area contributed by atoms with Crippen LogP contribution in [0.25, 0.3) is 0 Å². The van der Waals surface area contributed by atoms with Crippen LogP contribution in [-0.4, -0.2) is 45.4 Å². The van der Waals surface area contributed by atoms with Gasteiger partial charge in [-0.05, 0) is 56.0 Å². The van der Waals surface area contributed by atoms with Gasteiger partial charge < -0.3 is 5.32 Å². The van der Waals surface area contributed by atoms with Gasteiger partial charge in [-0.15, -0.1) is 0 Å². The standard InChI is InChI=1S/C15H26N2O2S2/c1-13(16-11-5-6-12-20-4)14-7-9-15(10-8-14)21(18,19)17(2)3/h7-10,13,16H,5-6,11-12H2,1-4H3. The Balaban J connectivity index is 2.58. The highest BCUT2D eigenvalue weighted by atomic mass is 32.2. The van der Waals surface area contributed by atoms with Crippen molar-refractivity contribution in [3.63, 3.8) is 0 Å². The molecule has 0 saturated heterocycles. The average molecular weight is 331 g/mol. The van der Waals surface area contributed by atoms with Crippen LogP contribution in [0.4, 0.5) is 0 Å². The van der Waals surface area contributed by atoms with Crippen LogP contribution < -0.4 is 5.32 Å². The van der Waals surface area contributed by atoms with Crippen molar-refractivity contribution in [1.82, 2.24) is 9.62 Å². The van der Waals surface area contributed by atoms with E-state index in [2.05, 4.69) is 18.5 Å². The molecule has 1 rings (SSSR count). The molecule has 0 radical (unpaired) electrons. The van der Waals surface area contributed by atoms with Crippen LogP contribution >= 0.6 is 11.8 Å². The number of nitrogens with zero attached hydrogens (tertiary/aromatic N) is 1. The van der Waals surface area contributed by atoms with E-state index in [1.54, 1.807) is 26.2 Å². The van der Waals surface area contributed by atoms with Crippen molar-refractivity contribution < 1.29 is 8.42 Å². The predicted octanol–water partition coefficient (Wildman–Crippen LogP) is 2.73. The third kappa shape index (κ3) is 5.62. The Morgan fingerprint density at radius 3 is 2.33 bits per heavy atom. The van der Waals surface area contributed by atoms with Crippen LogP contribution in [0.15, 0.2) is 29.2 Å². The second-order valence-electron chi connectivity index (χ2n) is 5.23. The highest BCUT2D eigenvalue weighted by molar-refractivity contribution is 7.98. The minimum atomic E-state index is -3.34. The van der Waals surface area contributed by atoms with E-state index >= 15 is 0 Å². The van der Waals surface area contributed by atoms with E-state index in [0.717, 1.165) is 18.5 Å². The Labute approximate surface area is 133 Å². The molecular formula is C15H26N2O2S2. The minimum absolute atomic E-state index is 0.232. The van der Waals surface area contributed by atoms with Gasteiger partial charge in [-0.3, -0.25) is 0 Å². The highest BCUT2D eigenvalue weighted by Crippen LogP contribution is 2.18. The summed E-state index contributed by atoms with van der Waals surface area (Å²) in [5.41, 5.74) is 1.11. The summed E-state index contributed by atoms with van der Waals surface area (Å²) in [6.45, 7) is 3.09. The van der Waals surface area contributed by atoms with Crippen molar-refractivity contribution >= 4 is 21.8 Å². The number of sulfonamides is 1. The lowest BCUT2D eigenvalue weighted by molar-refractivity contribution is 0.520. The van der Waals surface area contributed by atoms with E-state index in [4.69, 9.17) is 0 Å². The van der Waals surface area contributed by atoms with E-state index in [1.807, 2.05) is 23.9 Å². The molecule has 1 atom stereocenters. The lowest BCUT2D eigenvalue weighted by Gasteiger charge is -2.16. The fourth-order valence-electron chi connectivity index (χ4n) is 1.95. The first-order chi connectivity index (χ1) is 9.89. The first-order valence-electron chi connectivity index (χ1n) is 7.14. The van der Waals surface area contributed by atoms with Gasteiger partial charge in [0.15, 0.2) is 0 Å². The Hall–Kier alpha value is -0.560. The molecule has 21 heavy (non-hydrogen) atoms. The number of rotatable bonds is 9. The van der Waals surface area contributed by atoms with Crippen LogP contribution in [0.5, 0.6) is 0 Å². The Morgan fingerprint density at radius 1 is 1.19 bits per heavy atom. The second-order valence-corrected chi connectivity index (χ2v) is 8.37. The molecule has 0 fully saturated rings.